The van der Waals surface area contributed by atoms with Gasteiger partial charge in [0, 0.05) is 27.5 Å². The van der Waals surface area contributed by atoms with Crippen molar-refractivity contribution >= 4 is 85.1 Å². The van der Waals surface area contributed by atoms with Gasteiger partial charge < -0.3 is 31.2 Å². The van der Waals surface area contributed by atoms with Crippen LogP contribution in [-0.2, 0) is 30.6 Å². The molecular formula is C25H23N6O9S3+. The number of nitrogens with one attached hydrogen (secondary N) is 1. The lowest BCUT2D eigenvalue weighted by Crippen LogP contribution is -2.71. The first-order valence-electron chi connectivity index (χ1n) is 12.3. The Bertz CT molecular complexity index is 1760. The summed E-state index contributed by atoms with van der Waals surface area (Å²) in [5.74, 6) is -5.00. The number of carboxylic acid groups (broad SMARTS) is 3. The fourth-order valence-electron chi connectivity index (χ4n) is 4.27. The van der Waals surface area contributed by atoms with Gasteiger partial charge in [0.15, 0.2) is 29.8 Å². The van der Waals surface area contributed by atoms with Gasteiger partial charge in [-0.1, -0.05) is 5.16 Å². The number of thioether (sulfide) groups is 1. The molecule has 1 fully saturated rings. The lowest BCUT2D eigenvalue weighted by atomic mass is 10.0. The first-order chi connectivity index (χ1) is 20.3. The van der Waals surface area contributed by atoms with Crippen LogP contribution in [0, 0.1) is 0 Å². The van der Waals surface area contributed by atoms with E-state index < -0.39 is 52.5 Å². The van der Waals surface area contributed by atoms with Crippen LogP contribution in [0.2, 0.25) is 0 Å². The maximum atomic E-state index is 13.2. The van der Waals surface area contributed by atoms with Crippen LogP contribution in [0.25, 0.3) is 10.1 Å². The van der Waals surface area contributed by atoms with Gasteiger partial charge in [-0.15, -0.1) is 34.4 Å². The number of thiophene rings is 1. The average Bonchev–Trinajstić information content (AvgIpc) is 3.57. The first-order valence-corrected chi connectivity index (χ1v) is 15.1. The molecule has 15 nitrogen and oxygen atoms in total. The zero-order valence-electron chi connectivity index (χ0n) is 22.3. The second-order valence-electron chi connectivity index (χ2n) is 9.89. The number of thiazole rings is 1. The van der Waals surface area contributed by atoms with Gasteiger partial charge >= 0.3 is 17.9 Å². The van der Waals surface area contributed by atoms with Crippen LogP contribution in [0.4, 0.5) is 5.13 Å². The molecule has 0 bridgehead atoms. The molecule has 18 heteroatoms. The number of nitrogen functional groups attached to an aromatic ring is 1. The van der Waals surface area contributed by atoms with Crippen molar-refractivity contribution in [1.82, 2.24) is 15.2 Å². The van der Waals surface area contributed by atoms with E-state index in [4.69, 9.17) is 10.6 Å². The summed E-state index contributed by atoms with van der Waals surface area (Å²) in [6.07, 6.45) is 3.41. The number of anilines is 1. The van der Waals surface area contributed by atoms with Crippen molar-refractivity contribution in [2.45, 2.75) is 37.4 Å². The number of oxime groups is 1. The van der Waals surface area contributed by atoms with Crippen molar-refractivity contribution in [2.24, 2.45) is 5.16 Å². The number of nitrogens with two attached hydrogens (primary N) is 1. The number of carbonyl (C=O) groups excluding carboxylic acids is 2. The number of amides is 2. The molecule has 0 saturated carbocycles. The highest BCUT2D eigenvalue weighted by Gasteiger charge is 2.55. The van der Waals surface area contributed by atoms with Crippen LogP contribution in [0.5, 0.6) is 0 Å². The maximum Gasteiger partial charge on any atom is 0.352 e. The zero-order valence-corrected chi connectivity index (χ0v) is 24.8. The summed E-state index contributed by atoms with van der Waals surface area (Å²) in [7, 11) is 0. The Morgan fingerprint density at radius 3 is 2.63 bits per heavy atom. The Kier molecular flexibility index (Phi) is 7.84. The molecule has 0 spiro atoms. The summed E-state index contributed by atoms with van der Waals surface area (Å²) in [4.78, 5) is 71.9. The van der Waals surface area contributed by atoms with Gasteiger partial charge in [0.2, 0.25) is 5.60 Å². The minimum Gasteiger partial charge on any atom is -0.478 e. The number of aliphatic carboxylic acids is 2. The number of carboxylic acids is 3. The zero-order chi connectivity index (χ0) is 31.2. The fourth-order valence-corrected chi connectivity index (χ4v) is 7.03. The summed E-state index contributed by atoms with van der Waals surface area (Å²) in [6.45, 7) is 2.60. The summed E-state index contributed by atoms with van der Waals surface area (Å²) in [5, 5.41) is 36.4. The van der Waals surface area contributed by atoms with Crippen molar-refractivity contribution in [1.29, 1.82) is 0 Å². The third kappa shape index (κ3) is 5.75. The monoisotopic (exact) mass is 647 g/mol. The molecule has 3 aromatic heterocycles. The highest BCUT2D eigenvalue weighted by molar-refractivity contribution is 8.00. The van der Waals surface area contributed by atoms with Gasteiger partial charge in [0.05, 0.1) is 5.39 Å². The Morgan fingerprint density at radius 1 is 1.26 bits per heavy atom. The number of nitrogens with zero attached hydrogens (tertiary/aromatic N) is 4. The Balaban J connectivity index is 1.36. The number of fused-ring (bicyclic) bond motifs is 2. The molecule has 5 rings (SSSR count). The van der Waals surface area contributed by atoms with Crippen LogP contribution in [0.3, 0.4) is 0 Å². The van der Waals surface area contributed by atoms with Crippen molar-refractivity contribution in [3.63, 3.8) is 0 Å². The van der Waals surface area contributed by atoms with Gasteiger partial charge in [-0.25, -0.2) is 23.9 Å². The highest BCUT2D eigenvalue weighted by Crippen LogP contribution is 2.40. The van der Waals surface area contributed by atoms with E-state index in [1.54, 1.807) is 23.0 Å². The Morgan fingerprint density at radius 2 is 2.00 bits per heavy atom. The van der Waals surface area contributed by atoms with Crippen LogP contribution in [-0.4, -0.2) is 83.4 Å². The first kappa shape index (κ1) is 29.9. The van der Waals surface area contributed by atoms with Gasteiger partial charge in [-0.3, -0.25) is 14.5 Å². The lowest BCUT2D eigenvalue weighted by Gasteiger charge is -2.49. The van der Waals surface area contributed by atoms with E-state index in [2.05, 4.69) is 15.5 Å². The number of aromatic nitrogens is 2. The van der Waals surface area contributed by atoms with Gasteiger partial charge in [0.1, 0.15) is 27.7 Å². The quantitative estimate of drug-likeness (QED) is 0.0897. The second-order valence-corrected chi connectivity index (χ2v) is 13.0. The Hall–Kier alpha value is -4.55. The molecule has 1 saturated heterocycles. The lowest BCUT2D eigenvalue weighted by molar-refractivity contribution is -0.687. The summed E-state index contributed by atoms with van der Waals surface area (Å²) >= 11 is 3.39. The van der Waals surface area contributed by atoms with E-state index in [1.807, 2.05) is 0 Å². The van der Waals surface area contributed by atoms with Crippen molar-refractivity contribution < 1.29 is 48.7 Å². The smallest absolute Gasteiger partial charge is 0.352 e. The predicted octanol–water partition coefficient (Wildman–Crippen LogP) is 0.948. The number of β-lactam (4-membered cyclic amide) rings is 1. The number of rotatable bonds is 10. The molecule has 1 unspecified atom stereocenters. The van der Waals surface area contributed by atoms with E-state index in [0.29, 0.717) is 11.0 Å². The molecular weight excluding hydrogens is 625 g/mol. The van der Waals surface area contributed by atoms with Crippen LogP contribution >= 0.6 is 34.4 Å². The SMILES string of the molecule is CC(C)(ON=C(C(=O)NC1C(=O)N2C(C(=O)O)=C(C[n+]3ccc4sc(C(=O)O)cc4c3)CS[C@@H]12)c1csc(N)n1)C(=O)O. The molecule has 6 N–H and O–H groups in total. The molecule has 3 aromatic rings. The van der Waals surface area contributed by atoms with E-state index in [1.165, 1.54) is 37.1 Å². The van der Waals surface area contributed by atoms with E-state index in [9.17, 15) is 39.3 Å². The van der Waals surface area contributed by atoms with E-state index in [-0.39, 0.29) is 33.7 Å². The topological polar surface area (TPSA) is 226 Å². The van der Waals surface area contributed by atoms with Crippen molar-refractivity contribution in [3.8, 4) is 0 Å². The number of hydrogen-bond acceptors (Lipinski definition) is 12. The van der Waals surface area contributed by atoms with Crippen LogP contribution in [0.15, 0.2) is 46.3 Å². The van der Waals surface area contributed by atoms with Gasteiger partial charge in [-0.2, -0.15) is 0 Å². The predicted molar refractivity (Wildman–Crippen MR) is 155 cm³/mol. The summed E-state index contributed by atoms with van der Waals surface area (Å²) < 4.78 is 2.47. The largest absolute Gasteiger partial charge is 0.478 e. The molecule has 2 amide bonds. The second kappa shape index (κ2) is 11.3. The van der Waals surface area contributed by atoms with Crippen LogP contribution < -0.4 is 15.6 Å². The van der Waals surface area contributed by atoms with Crippen molar-refractivity contribution in [2.75, 3.05) is 11.5 Å². The molecule has 2 aliphatic heterocycles. The van der Waals surface area contributed by atoms with E-state index in [0.717, 1.165) is 32.3 Å². The minimum absolute atomic E-state index is 0.00427. The number of carbonyl (C=O) groups is 5. The third-order valence-electron chi connectivity index (χ3n) is 6.49. The molecule has 2 atom stereocenters. The Labute approximate surface area is 254 Å². The molecule has 0 radical (unpaired) electrons. The molecule has 43 heavy (non-hydrogen) atoms. The van der Waals surface area contributed by atoms with Crippen molar-refractivity contribution in [3.05, 3.63) is 51.7 Å². The minimum atomic E-state index is -1.78. The number of aromatic carboxylic acids is 1. The molecule has 0 aromatic carbocycles. The maximum absolute atomic E-state index is 13.2. The van der Waals surface area contributed by atoms with Crippen LogP contribution in [0.1, 0.15) is 29.2 Å². The summed E-state index contributed by atoms with van der Waals surface area (Å²) in [6, 6.07) is 2.17. The summed E-state index contributed by atoms with van der Waals surface area (Å²) in [5.41, 5.74) is 3.76. The average molecular weight is 648 g/mol. The third-order valence-corrected chi connectivity index (χ3v) is 9.61. The highest BCUT2D eigenvalue weighted by atomic mass is 32.2. The van der Waals surface area contributed by atoms with Gasteiger partial charge in [-0.05, 0) is 19.9 Å². The number of pyridine rings is 1. The molecule has 2 aliphatic rings. The number of hydrogen-bond donors (Lipinski definition) is 5. The molecule has 224 valence electrons. The van der Waals surface area contributed by atoms with Gasteiger partial charge in [0.25, 0.3) is 11.8 Å². The van der Waals surface area contributed by atoms with E-state index >= 15 is 0 Å². The standard InChI is InChI=1S/C25H22N6O9S3/c1-25(2,23(38)39)40-29-15(12-9-42-24(26)27-12)18(32)28-16-19(33)31-17(22(36)37)11(8-41-20(16)31)7-30-4-3-13-10(6-30)5-14(43-13)21(34)35/h3-6,9,16,20H,7-8H2,1-2H3,(H5-,26,27,28,32,34,35,36,37,38,39)/p+1/t16?,20-/m0/s1. The normalized spacial score (nSPS) is 18.7. The molecule has 5 heterocycles. The fraction of sp³-hybridized carbons (Fsp3) is 0.280. The molecule has 0 aliphatic carbocycles.